The maximum atomic E-state index is 14.7. The second-order valence-electron chi connectivity index (χ2n) is 7.55. The van der Waals surface area contributed by atoms with Crippen molar-refractivity contribution in [2.24, 2.45) is 0 Å². The average molecular weight is 408 g/mol. The molecule has 2 heterocycles. The van der Waals surface area contributed by atoms with Gasteiger partial charge in [-0.2, -0.15) is 5.10 Å². The molecule has 0 bridgehead atoms. The Labute approximate surface area is 175 Å². The molecule has 0 spiro atoms. The van der Waals surface area contributed by atoms with Gasteiger partial charge >= 0.3 is 0 Å². The van der Waals surface area contributed by atoms with Gasteiger partial charge in [0, 0.05) is 36.6 Å². The van der Waals surface area contributed by atoms with Gasteiger partial charge < -0.3 is 10.1 Å². The third kappa shape index (κ3) is 4.58. The first-order valence-corrected chi connectivity index (χ1v) is 10.0. The fraction of sp³-hybridized carbons (Fsp3) is 0.304. The Morgan fingerprint density at radius 2 is 1.93 bits per heavy atom. The van der Waals surface area contributed by atoms with Crippen LogP contribution >= 0.6 is 0 Å². The number of hydrogen-bond acceptors (Lipinski definition) is 4. The largest absolute Gasteiger partial charge is 0.379 e. The molecule has 1 amide bonds. The number of aromatic nitrogens is 2. The number of morpholine rings is 1. The molecule has 1 aliphatic heterocycles. The van der Waals surface area contributed by atoms with Crippen LogP contribution in [0.5, 0.6) is 0 Å². The fourth-order valence-electron chi connectivity index (χ4n) is 3.66. The second kappa shape index (κ2) is 8.77. The molecule has 7 heteroatoms. The number of aryl methyl sites for hydroxylation is 2. The Hall–Kier alpha value is -3.03. The van der Waals surface area contributed by atoms with Crippen molar-refractivity contribution in [2.45, 2.75) is 20.4 Å². The van der Waals surface area contributed by atoms with Crippen LogP contribution in [0.4, 0.5) is 10.1 Å². The molecule has 0 radical (unpaired) electrons. The predicted molar refractivity (Wildman–Crippen MR) is 113 cm³/mol. The molecule has 30 heavy (non-hydrogen) atoms. The number of halogens is 1. The van der Waals surface area contributed by atoms with E-state index < -0.39 is 5.82 Å². The Bertz CT molecular complexity index is 1060. The van der Waals surface area contributed by atoms with Crippen molar-refractivity contribution in [1.29, 1.82) is 0 Å². The quantitative estimate of drug-likeness (QED) is 0.699. The van der Waals surface area contributed by atoms with Crippen LogP contribution in [0.3, 0.4) is 0 Å². The van der Waals surface area contributed by atoms with Crippen molar-refractivity contribution in [3.05, 3.63) is 76.9 Å². The summed E-state index contributed by atoms with van der Waals surface area (Å²) in [5.41, 5.74) is 4.04. The molecule has 1 fully saturated rings. The molecule has 1 aromatic heterocycles. The molecular formula is C23H25FN4O2. The highest BCUT2D eigenvalue weighted by Crippen LogP contribution is 2.21. The average Bonchev–Trinajstić information content (AvgIpc) is 3.07. The highest BCUT2D eigenvalue weighted by molar-refractivity contribution is 6.04. The molecule has 4 rings (SSSR count). The van der Waals surface area contributed by atoms with Crippen molar-refractivity contribution >= 4 is 11.6 Å². The maximum Gasteiger partial charge on any atom is 0.255 e. The van der Waals surface area contributed by atoms with Gasteiger partial charge in [0.2, 0.25) is 0 Å². The molecule has 1 N–H and O–H groups in total. The Kier molecular flexibility index (Phi) is 5.92. The van der Waals surface area contributed by atoms with E-state index >= 15 is 0 Å². The van der Waals surface area contributed by atoms with Gasteiger partial charge in [-0.05, 0) is 55.8 Å². The molecule has 156 valence electrons. The molecular weight excluding hydrogens is 383 g/mol. The smallest absolute Gasteiger partial charge is 0.255 e. The zero-order valence-electron chi connectivity index (χ0n) is 17.2. The topological polar surface area (TPSA) is 59.4 Å². The van der Waals surface area contributed by atoms with Crippen molar-refractivity contribution < 1.29 is 13.9 Å². The first-order valence-electron chi connectivity index (χ1n) is 10.0. The Balaban J connectivity index is 1.46. The summed E-state index contributed by atoms with van der Waals surface area (Å²) in [7, 11) is 0. The lowest BCUT2D eigenvalue weighted by molar-refractivity contribution is 0.0342. The van der Waals surface area contributed by atoms with Crippen LogP contribution in [0.1, 0.15) is 27.3 Å². The van der Waals surface area contributed by atoms with E-state index in [4.69, 9.17) is 4.74 Å². The number of hydrogen-bond donors (Lipinski definition) is 1. The molecule has 0 unspecified atom stereocenters. The molecule has 3 aromatic rings. The lowest BCUT2D eigenvalue weighted by Crippen LogP contribution is -2.35. The summed E-state index contributed by atoms with van der Waals surface area (Å²) >= 11 is 0. The van der Waals surface area contributed by atoms with E-state index in [0.717, 1.165) is 49.8 Å². The maximum absolute atomic E-state index is 14.7. The van der Waals surface area contributed by atoms with Crippen LogP contribution in [-0.2, 0) is 11.3 Å². The van der Waals surface area contributed by atoms with E-state index in [9.17, 15) is 9.18 Å². The molecule has 2 aromatic carbocycles. The first-order chi connectivity index (χ1) is 14.5. The zero-order chi connectivity index (χ0) is 21.1. The minimum atomic E-state index is -0.444. The summed E-state index contributed by atoms with van der Waals surface area (Å²) < 4.78 is 21.6. The minimum absolute atomic E-state index is 0.267. The number of nitrogens with one attached hydrogen (secondary N) is 1. The van der Waals surface area contributed by atoms with Crippen LogP contribution in [0.15, 0.2) is 48.5 Å². The van der Waals surface area contributed by atoms with Gasteiger partial charge in [-0.15, -0.1) is 0 Å². The summed E-state index contributed by atoms with van der Waals surface area (Å²) in [6.45, 7) is 7.76. The summed E-state index contributed by atoms with van der Waals surface area (Å²) in [4.78, 5) is 15.0. The van der Waals surface area contributed by atoms with Gasteiger partial charge in [-0.25, -0.2) is 9.07 Å². The predicted octanol–water partition coefficient (Wildman–Crippen LogP) is 3.71. The standard InChI is InChI=1S/C23H25FN4O2/c1-16-12-17(2)28(26-16)22-7-6-20(14-21(22)24)25-23(29)19-5-3-4-18(13-19)15-27-8-10-30-11-9-27/h3-7,12-14H,8-11,15H2,1-2H3,(H,25,29). The van der Waals surface area contributed by atoms with Gasteiger partial charge in [0.1, 0.15) is 5.69 Å². The number of nitrogens with zero attached hydrogens (tertiary/aromatic N) is 3. The van der Waals surface area contributed by atoms with Gasteiger partial charge in [0.15, 0.2) is 5.82 Å². The van der Waals surface area contributed by atoms with Crippen LogP contribution in [0.25, 0.3) is 5.69 Å². The van der Waals surface area contributed by atoms with E-state index in [0.29, 0.717) is 16.9 Å². The highest BCUT2D eigenvalue weighted by Gasteiger charge is 2.14. The van der Waals surface area contributed by atoms with Crippen molar-refractivity contribution in [1.82, 2.24) is 14.7 Å². The van der Waals surface area contributed by atoms with Gasteiger partial charge in [-0.1, -0.05) is 12.1 Å². The Morgan fingerprint density at radius 3 is 2.63 bits per heavy atom. The first kappa shape index (κ1) is 20.3. The number of ether oxygens (including phenoxy) is 1. The third-order valence-electron chi connectivity index (χ3n) is 5.14. The summed E-state index contributed by atoms with van der Waals surface area (Å²) in [6, 6.07) is 14.0. The SMILES string of the molecule is Cc1cc(C)n(-c2ccc(NC(=O)c3cccc(CN4CCOCC4)c3)cc2F)n1. The Morgan fingerprint density at radius 1 is 1.13 bits per heavy atom. The van der Waals surface area contributed by atoms with E-state index in [1.54, 1.807) is 22.9 Å². The third-order valence-corrected chi connectivity index (χ3v) is 5.14. The summed E-state index contributed by atoms with van der Waals surface area (Å²) in [5, 5.41) is 7.10. The van der Waals surface area contributed by atoms with E-state index in [2.05, 4.69) is 15.3 Å². The molecule has 0 aliphatic carbocycles. The fourth-order valence-corrected chi connectivity index (χ4v) is 3.66. The number of benzene rings is 2. The van der Waals surface area contributed by atoms with Crippen molar-refractivity contribution in [3.8, 4) is 5.69 Å². The second-order valence-corrected chi connectivity index (χ2v) is 7.55. The van der Waals surface area contributed by atoms with Gasteiger partial charge in [0.05, 0.1) is 18.9 Å². The molecule has 1 saturated heterocycles. The van der Waals surface area contributed by atoms with Gasteiger partial charge in [0.25, 0.3) is 5.91 Å². The number of amides is 1. The van der Waals surface area contributed by atoms with Crippen molar-refractivity contribution in [3.63, 3.8) is 0 Å². The van der Waals surface area contributed by atoms with Crippen LogP contribution in [0, 0.1) is 19.7 Å². The van der Waals surface area contributed by atoms with Crippen molar-refractivity contribution in [2.75, 3.05) is 31.6 Å². The van der Waals surface area contributed by atoms with E-state index in [1.807, 2.05) is 38.1 Å². The van der Waals surface area contributed by atoms with E-state index in [1.165, 1.54) is 6.07 Å². The van der Waals surface area contributed by atoms with E-state index in [-0.39, 0.29) is 5.91 Å². The summed E-state index contributed by atoms with van der Waals surface area (Å²) in [6.07, 6.45) is 0. The summed E-state index contributed by atoms with van der Waals surface area (Å²) in [5.74, 6) is -0.711. The lowest BCUT2D eigenvalue weighted by atomic mass is 10.1. The number of carbonyl (C=O) groups excluding carboxylic acids is 1. The number of rotatable bonds is 5. The molecule has 6 nitrogen and oxygen atoms in total. The molecule has 0 saturated carbocycles. The minimum Gasteiger partial charge on any atom is -0.379 e. The molecule has 0 atom stereocenters. The zero-order valence-corrected chi connectivity index (χ0v) is 17.2. The van der Waals surface area contributed by atoms with Crippen LogP contribution in [0.2, 0.25) is 0 Å². The molecule has 1 aliphatic rings. The number of carbonyl (C=O) groups is 1. The van der Waals surface area contributed by atoms with Gasteiger partial charge in [-0.3, -0.25) is 9.69 Å². The van der Waals surface area contributed by atoms with Crippen LogP contribution in [-0.4, -0.2) is 46.9 Å². The monoisotopic (exact) mass is 408 g/mol. The highest BCUT2D eigenvalue weighted by atomic mass is 19.1. The number of anilines is 1. The lowest BCUT2D eigenvalue weighted by Gasteiger charge is -2.26. The van der Waals surface area contributed by atoms with Crippen LogP contribution < -0.4 is 5.32 Å². The normalized spacial score (nSPS) is 14.6.